The first-order chi connectivity index (χ1) is 6.15. The molecule has 0 spiro atoms. The molecule has 1 amide bonds. The molecular formula is C10H15NO2. The van der Waals surface area contributed by atoms with E-state index in [1.807, 2.05) is 0 Å². The number of piperidine rings is 1. The number of nitrogens with zero attached hydrogens (tertiary/aromatic N) is 1. The molecule has 0 radical (unpaired) electrons. The molecule has 72 valence electrons. The molecule has 1 heterocycles. The molecule has 1 saturated heterocycles. The molecule has 0 aromatic heterocycles. The van der Waals surface area contributed by atoms with Crippen molar-refractivity contribution < 1.29 is 9.59 Å². The molecule has 1 unspecified atom stereocenters. The molecule has 0 aromatic rings. The Labute approximate surface area is 78.4 Å². The summed E-state index contributed by atoms with van der Waals surface area (Å²) in [5.74, 6) is 0.158. The average Bonchev–Trinajstić information content (AvgIpc) is 2.17. The quantitative estimate of drug-likeness (QED) is 0.596. The van der Waals surface area contributed by atoms with Gasteiger partial charge in [-0.05, 0) is 25.8 Å². The highest BCUT2D eigenvalue weighted by atomic mass is 16.2. The maximum Gasteiger partial charge on any atom is 0.245 e. The van der Waals surface area contributed by atoms with Gasteiger partial charge < -0.3 is 4.90 Å². The minimum atomic E-state index is -0.0639. The predicted molar refractivity (Wildman–Crippen MR) is 50.2 cm³/mol. The summed E-state index contributed by atoms with van der Waals surface area (Å²) >= 11 is 0. The van der Waals surface area contributed by atoms with Gasteiger partial charge in [0.25, 0.3) is 0 Å². The summed E-state index contributed by atoms with van der Waals surface area (Å²) in [6.45, 7) is 6.35. The van der Waals surface area contributed by atoms with E-state index in [2.05, 4.69) is 6.58 Å². The van der Waals surface area contributed by atoms with Crippen LogP contribution in [0.4, 0.5) is 0 Å². The predicted octanol–water partition coefficient (Wildman–Crippen LogP) is 1.00. The fourth-order valence-corrected chi connectivity index (χ4v) is 1.64. The lowest BCUT2D eigenvalue weighted by Gasteiger charge is -2.30. The van der Waals surface area contributed by atoms with E-state index in [-0.39, 0.29) is 17.6 Å². The number of likely N-dealkylation sites (tertiary alicyclic amines) is 1. The van der Waals surface area contributed by atoms with Crippen molar-refractivity contribution in [1.29, 1.82) is 0 Å². The Bertz CT molecular complexity index is 235. The van der Waals surface area contributed by atoms with Gasteiger partial charge in [-0.25, -0.2) is 0 Å². The lowest BCUT2D eigenvalue weighted by atomic mass is 9.94. The van der Waals surface area contributed by atoms with Gasteiger partial charge >= 0.3 is 0 Å². The molecule has 0 bridgehead atoms. The Morgan fingerprint density at radius 3 is 2.77 bits per heavy atom. The van der Waals surface area contributed by atoms with Crippen LogP contribution in [0.25, 0.3) is 0 Å². The van der Waals surface area contributed by atoms with Crippen molar-refractivity contribution in [3.8, 4) is 0 Å². The summed E-state index contributed by atoms with van der Waals surface area (Å²) < 4.78 is 0. The van der Waals surface area contributed by atoms with E-state index >= 15 is 0 Å². The van der Waals surface area contributed by atoms with Crippen molar-refractivity contribution >= 4 is 11.7 Å². The van der Waals surface area contributed by atoms with E-state index in [9.17, 15) is 9.59 Å². The third kappa shape index (κ3) is 2.41. The van der Waals surface area contributed by atoms with Gasteiger partial charge in [-0.15, -0.1) is 0 Å². The van der Waals surface area contributed by atoms with Crippen LogP contribution < -0.4 is 0 Å². The number of rotatable bonds is 2. The standard InChI is InChI=1S/C10H15NO2/c1-3-10(13)11-6-4-5-9(7-11)8(2)12/h3,9H,1,4-7H2,2H3. The van der Waals surface area contributed by atoms with Gasteiger partial charge in [0.15, 0.2) is 0 Å². The Kier molecular flexibility index (Phi) is 3.23. The maximum atomic E-state index is 11.2. The van der Waals surface area contributed by atoms with Gasteiger partial charge in [0.05, 0.1) is 0 Å². The molecule has 1 fully saturated rings. The number of amides is 1. The smallest absolute Gasteiger partial charge is 0.245 e. The fourth-order valence-electron chi connectivity index (χ4n) is 1.64. The van der Waals surface area contributed by atoms with Crippen molar-refractivity contribution in [3.63, 3.8) is 0 Å². The van der Waals surface area contributed by atoms with Crippen LogP contribution in [0.15, 0.2) is 12.7 Å². The Morgan fingerprint density at radius 1 is 1.54 bits per heavy atom. The van der Waals surface area contributed by atoms with Crippen molar-refractivity contribution in [1.82, 2.24) is 4.90 Å². The second-order valence-corrected chi connectivity index (χ2v) is 3.44. The molecule has 0 saturated carbocycles. The minimum absolute atomic E-state index is 0.0395. The summed E-state index contributed by atoms with van der Waals surface area (Å²) in [5.41, 5.74) is 0. The third-order valence-corrected chi connectivity index (χ3v) is 2.48. The highest BCUT2D eigenvalue weighted by Gasteiger charge is 2.24. The van der Waals surface area contributed by atoms with E-state index in [0.29, 0.717) is 6.54 Å². The van der Waals surface area contributed by atoms with Gasteiger partial charge in [0.2, 0.25) is 5.91 Å². The zero-order chi connectivity index (χ0) is 9.84. The van der Waals surface area contributed by atoms with E-state index < -0.39 is 0 Å². The van der Waals surface area contributed by atoms with Crippen LogP contribution in [0.3, 0.4) is 0 Å². The van der Waals surface area contributed by atoms with Crippen molar-refractivity contribution in [2.75, 3.05) is 13.1 Å². The van der Waals surface area contributed by atoms with Crippen LogP contribution >= 0.6 is 0 Å². The van der Waals surface area contributed by atoms with Crippen molar-refractivity contribution in [2.45, 2.75) is 19.8 Å². The summed E-state index contributed by atoms with van der Waals surface area (Å²) in [4.78, 5) is 24.0. The van der Waals surface area contributed by atoms with E-state index in [0.717, 1.165) is 19.4 Å². The zero-order valence-electron chi connectivity index (χ0n) is 7.95. The molecule has 0 aliphatic carbocycles. The monoisotopic (exact) mass is 181 g/mol. The number of carbonyl (C=O) groups is 2. The molecule has 1 rings (SSSR count). The van der Waals surface area contributed by atoms with Crippen LogP contribution in [0.5, 0.6) is 0 Å². The summed E-state index contributed by atoms with van der Waals surface area (Å²) in [6, 6.07) is 0. The second kappa shape index (κ2) is 4.21. The fraction of sp³-hybridized carbons (Fsp3) is 0.600. The summed E-state index contributed by atoms with van der Waals surface area (Å²) in [6.07, 6.45) is 3.14. The molecule has 0 N–H and O–H groups in total. The topological polar surface area (TPSA) is 37.4 Å². The second-order valence-electron chi connectivity index (χ2n) is 3.44. The van der Waals surface area contributed by atoms with Crippen LogP contribution in [0.1, 0.15) is 19.8 Å². The molecule has 1 aliphatic rings. The zero-order valence-corrected chi connectivity index (χ0v) is 7.95. The van der Waals surface area contributed by atoms with Gasteiger partial charge in [-0.3, -0.25) is 9.59 Å². The highest BCUT2D eigenvalue weighted by molar-refractivity contribution is 5.88. The average molecular weight is 181 g/mol. The highest BCUT2D eigenvalue weighted by Crippen LogP contribution is 2.17. The third-order valence-electron chi connectivity index (χ3n) is 2.48. The number of hydrogen-bond acceptors (Lipinski definition) is 2. The molecule has 1 atom stereocenters. The van der Waals surface area contributed by atoms with E-state index in [1.165, 1.54) is 6.08 Å². The first-order valence-corrected chi connectivity index (χ1v) is 4.57. The SMILES string of the molecule is C=CC(=O)N1CCCC(C(C)=O)C1. The van der Waals surface area contributed by atoms with E-state index in [1.54, 1.807) is 11.8 Å². The molecule has 3 nitrogen and oxygen atoms in total. The number of hydrogen-bond donors (Lipinski definition) is 0. The molecular weight excluding hydrogens is 166 g/mol. The van der Waals surface area contributed by atoms with Crippen LogP contribution in [0, 0.1) is 5.92 Å². The van der Waals surface area contributed by atoms with Gasteiger partial charge in [0.1, 0.15) is 5.78 Å². The molecule has 3 heteroatoms. The summed E-state index contributed by atoms with van der Waals surface area (Å²) in [5, 5.41) is 0. The Balaban J connectivity index is 2.56. The molecule has 1 aliphatic heterocycles. The largest absolute Gasteiger partial charge is 0.338 e. The van der Waals surface area contributed by atoms with Gasteiger partial charge in [-0.1, -0.05) is 6.58 Å². The number of carbonyl (C=O) groups excluding carboxylic acids is 2. The van der Waals surface area contributed by atoms with Crippen LogP contribution in [-0.4, -0.2) is 29.7 Å². The first kappa shape index (κ1) is 9.96. The Morgan fingerprint density at radius 2 is 2.23 bits per heavy atom. The van der Waals surface area contributed by atoms with Crippen LogP contribution in [-0.2, 0) is 9.59 Å². The normalized spacial score (nSPS) is 22.5. The van der Waals surface area contributed by atoms with Crippen LogP contribution in [0.2, 0.25) is 0 Å². The first-order valence-electron chi connectivity index (χ1n) is 4.57. The van der Waals surface area contributed by atoms with E-state index in [4.69, 9.17) is 0 Å². The number of ketones is 1. The minimum Gasteiger partial charge on any atom is -0.338 e. The lowest BCUT2D eigenvalue weighted by molar-refractivity contribution is -0.130. The Hall–Kier alpha value is -1.12. The molecule has 0 aromatic carbocycles. The number of Topliss-reactive ketones (excluding diaryl/α,β-unsaturated/α-hetero) is 1. The van der Waals surface area contributed by atoms with Gasteiger partial charge in [-0.2, -0.15) is 0 Å². The summed E-state index contributed by atoms with van der Waals surface area (Å²) in [7, 11) is 0. The van der Waals surface area contributed by atoms with Gasteiger partial charge in [0, 0.05) is 19.0 Å². The maximum absolute atomic E-state index is 11.2. The van der Waals surface area contributed by atoms with Crippen molar-refractivity contribution in [3.05, 3.63) is 12.7 Å². The molecule has 13 heavy (non-hydrogen) atoms. The lowest BCUT2D eigenvalue weighted by Crippen LogP contribution is -2.41. The van der Waals surface area contributed by atoms with Crippen molar-refractivity contribution in [2.24, 2.45) is 5.92 Å².